The third kappa shape index (κ3) is 4.78. The highest BCUT2D eigenvalue weighted by molar-refractivity contribution is 6.21. The number of hydrogen-bond donors (Lipinski definition) is 0. The monoisotopic (exact) mass is 647 g/mol. The van der Waals surface area contributed by atoms with E-state index in [1.54, 1.807) is 0 Å². The molecule has 0 aliphatic rings. The topological polar surface area (TPSA) is 4.93 Å². The molecule has 10 rings (SSSR count). The average Bonchev–Trinajstić information content (AvgIpc) is 3.65. The second-order valence-corrected chi connectivity index (χ2v) is 13.3. The molecule has 0 spiro atoms. The summed E-state index contributed by atoms with van der Waals surface area (Å²) < 4.78 is 2.42. The number of para-hydroxylation sites is 1. The highest BCUT2D eigenvalue weighted by Gasteiger charge is 2.19. The fourth-order valence-corrected chi connectivity index (χ4v) is 8.16. The molecule has 238 valence electrons. The van der Waals surface area contributed by atoms with Crippen LogP contribution in [0, 0.1) is 0 Å². The van der Waals surface area contributed by atoms with Crippen LogP contribution >= 0.6 is 0 Å². The van der Waals surface area contributed by atoms with E-state index >= 15 is 0 Å². The molecule has 0 amide bonds. The molecular formula is C50H33N. The van der Waals surface area contributed by atoms with E-state index < -0.39 is 0 Å². The van der Waals surface area contributed by atoms with Gasteiger partial charge in [0, 0.05) is 11.3 Å². The van der Waals surface area contributed by atoms with Gasteiger partial charge in [-0.1, -0.05) is 170 Å². The van der Waals surface area contributed by atoms with E-state index in [1.165, 1.54) is 82.2 Å². The van der Waals surface area contributed by atoms with Crippen molar-refractivity contribution in [1.82, 2.24) is 4.57 Å². The first-order chi connectivity index (χ1) is 25.3. The molecule has 0 saturated heterocycles. The van der Waals surface area contributed by atoms with Crippen LogP contribution < -0.4 is 0 Å². The number of aromatic nitrogens is 1. The maximum atomic E-state index is 2.42. The van der Waals surface area contributed by atoms with Crippen molar-refractivity contribution in [1.29, 1.82) is 0 Å². The summed E-state index contributed by atoms with van der Waals surface area (Å²) in [5.74, 6) is 0. The first-order valence-electron chi connectivity index (χ1n) is 17.6. The molecule has 0 N–H and O–H groups in total. The van der Waals surface area contributed by atoms with Crippen LogP contribution in [0.3, 0.4) is 0 Å². The van der Waals surface area contributed by atoms with Crippen molar-refractivity contribution in [2.24, 2.45) is 0 Å². The molecule has 0 radical (unpaired) electrons. The smallest absolute Gasteiger partial charge is 0.0541 e. The first-order valence-corrected chi connectivity index (χ1v) is 17.6. The summed E-state index contributed by atoms with van der Waals surface area (Å²) in [7, 11) is 0. The van der Waals surface area contributed by atoms with Crippen LogP contribution in [-0.4, -0.2) is 4.57 Å². The molecule has 1 nitrogen and oxygen atoms in total. The molecule has 10 aromatic rings. The molecule has 0 aliphatic carbocycles. The Morgan fingerprint density at radius 2 is 0.706 bits per heavy atom. The average molecular weight is 648 g/mol. The van der Waals surface area contributed by atoms with Gasteiger partial charge in [0.2, 0.25) is 0 Å². The van der Waals surface area contributed by atoms with Gasteiger partial charge >= 0.3 is 0 Å². The Morgan fingerprint density at radius 1 is 0.275 bits per heavy atom. The quantitative estimate of drug-likeness (QED) is 0.129. The Morgan fingerprint density at radius 3 is 1.31 bits per heavy atom. The van der Waals surface area contributed by atoms with Crippen molar-refractivity contribution in [2.45, 2.75) is 0 Å². The first kappa shape index (κ1) is 29.2. The molecule has 0 atom stereocenters. The lowest BCUT2D eigenvalue weighted by molar-refractivity contribution is 1.10. The highest BCUT2D eigenvalue weighted by atomic mass is 15.0. The zero-order chi connectivity index (χ0) is 33.7. The third-order valence-corrected chi connectivity index (χ3v) is 10.4. The summed E-state index contributed by atoms with van der Waals surface area (Å²) in [5.41, 5.74) is 10.9. The summed E-state index contributed by atoms with van der Waals surface area (Å²) in [6.45, 7) is 0. The lowest BCUT2D eigenvalue weighted by atomic mass is 9.86. The van der Waals surface area contributed by atoms with Gasteiger partial charge in [-0.25, -0.2) is 0 Å². The Hall–Kier alpha value is -6.70. The largest absolute Gasteiger partial charge is 0.309 e. The summed E-state index contributed by atoms with van der Waals surface area (Å²) in [6.07, 6.45) is 0. The van der Waals surface area contributed by atoms with Crippen molar-refractivity contribution in [3.8, 4) is 50.5 Å². The van der Waals surface area contributed by atoms with E-state index in [0.29, 0.717) is 0 Å². The summed E-state index contributed by atoms with van der Waals surface area (Å²) in [5, 5.41) is 10.1. The van der Waals surface area contributed by atoms with Gasteiger partial charge < -0.3 is 4.57 Å². The van der Waals surface area contributed by atoms with Crippen molar-refractivity contribution in [2.75, 3.05) is 0 Å². The molecule has 0 saturated carbocycles. The minimum atomic E-state index is 1.14. The van der Waals surface area contributed by atoms with Gasteiger partial charge in [-0.2, -0.15) is 0 Å². The van der Waals surface area contributed by atoms with E-state index in [0.717, 1.165) is 11.4 Å². The van der Waals surface area contributed by atoms with Gasteiger partial charge in [-0.05, 0) is 101 Å². The molecule has 0 bridgehead atoms. The van der Waals surface area contributed by atoms with Crippen LogP contribution in [0.15, 0.2) is 200 Å². The molecule has 9 aromatic carbocycles. The van der Waals surface area contributed by atoms with E-state index in [2.05, 4.69) is 205 Å². The van der Waals surface area contributed by atoms with E-state index in [4.69, 9.17) is 0 Å². The standard InChI is InChI=1S/C50H33N/c1-3-15-35(16-4-1)49-42-23-11-13-25-44(42)50(45-26-14-12-24-43(45)49)36-29-27-34(28-30-36)47-31-32-48(51(47)38-18-5-2-6-19-38)46-33-37-17-7-8-20-39(37)40-21-9-10-22-41(40)46/h1-33H. The second kappa shape index (κ2) is 12.0. The fraction of sp³-hybridized carbons (Fsp3) is 0. The van der Waals surface area contributed by atoms with Gasteiger partial charge in [0.15, 0.2) is 0 Å². The Balaban J connectivity index is 1.17. The van der Waals surface area contributed by atoms with Crippen LogP contribution in [-0.2, 0) is 0 Å². The Kier molecular flexibility index (Phi) is 6.89. The minimum absolute atomic E-state index is 1.14. The Labute approximate surface area is 297 Å². The van der Waals surface area contributed by atoms with Crippen molar-refractivity contribution >= 4 is 43.1 Å². The van der Waals surface area contributed by atoms with Crippen LogP contribution in [0.5, 0.6) is 0 Å². The lowest BCUT2D eigenvalue weighted by Crippen LogP contribution is -2.00. The van der Waals surface area contributed by atoms with Crippen LogP contribution in [0.1, 0.15) is 0 Å². The predicted octanol–water partition coefficient (Wildman–Crippen LogP) is 13.8. The second-order valence-electron chi connectivity index (χ2n) is 13.3. The highest BCUT2D eigenvalue weighted by Crippen LogP contribution is 2.44. The van der Waals surface area contributed by atoms with Crippen LogP contribution in [0.4, 0.5) is 0 Å². The van der Waals surface area contributed by atoms with Crippen LogP contribution in [0.2, 0.25) is 0 Å². The fourth-order valence-electron chi connectivity index (χ4n) is 8.16. The van der Waals surface area contributed by atoms with Crippen LogP contribution in [0.25, 0.3) is 93.5 Å². The van der Waals surface area contributed by atoms with Crippen molar-refractivity contribution < 1.29 is 0 Å². The molecule has 51 heavy (non-hydrogen) atoms. The molecule has 0 aliphatic heterocycles. The molecule has 0 fully saturated rings. The molecule has 1 aromatic heterocycles. The van der Waals surface area contributed by atoms with E-state index in [-0.39, 0.29) is 0 Å². The normalized spacial score (nSPS) is 11.5. The maximum Gasteiger partial charge on any atom is 0.0541 e. The van der Waals surface area contributed by atoms with Gasteiger partial charge in [-0.3, -0.25) is 0 Å². The van der Waals surface area contributed by atoms with Crippen molar-refractivity contribution in [3.05, 3.63) is 200 Å². The lowest BCUT2D eigenvalue weighted by Gasteiger charge is -2.18. The predicted molar refractivity (Wildman–Crippen MR) is 218 cm³/mol. The van der Waals surface area contributed by atoms with Gasteiger partial charge in [0.1, 0.15) is 0 Å². The molecule has 1 heteroatoms. The maximum absolute atomic E-state index is 2.42. The molecule has 0 unspecified atom stereocenters. The zero-order valence-electron chi connectivity index (χ0n) is 28.0. The SMILES string of the molecule is c1ccc(-c2c3ccccc3c(-c3ccc(-c4ccc(-c5cc6ccccc6c6ccccc56)n4-c4ccccc4)cc3)c3ccccc23)cc1. The number of fused-ring (bicyclic) bond motifs is 5. The number of hydrogen-bond acceptors (Lipinski definition) is 0. The summed E-state index contributed by atoms with van der Waals surface area (Å²) in [4.78, 5) is 0. The van der Waals surface area contributed by atoms with Gasteiger partial charge in [-0.15, -0.1) is 0 Å². The number of rotatable bonds is 5. The van der Waals surface area contributed by atoms with E-state index in [9.17, 15) is 0 Å². The van der Waals surface area contributed by atoms with Crippen molar-refractivity contribution in [3.63, 3.8) is 0 Å². The summed E-state index contributed by atoms with van der Waals surface area (Å²) >= 11 is 0. The number of benzene rings is 9. The zero-order valence-corrected chi connectivity index (χ0v) is 28.0. The van der Waals surface area contributed by atoms with Gasteiger partial charge in [0.25, 0.3) is 0 Å². The minimum Gasteiger partial charge on any atom is -0.309 e. The third-order valence-electron chi connectivity index (χ3n) is 10.4. The van der Waals surface area contributed by atoms with E-state index in [1.807, 2.05) is 0 Å². The molecule has 1 heterocycles. The summed E-state index contributed by atoms with van der Waals surface area (Å²) in [6, 6.07) is 72.9. The Bertz CT molecular complexity index is 2820. The number of nitrogens with zero attached hydrogens (tertiary/aromatic N) is 1. The molecular weight excluding hydrogens is 615 g/mol. The van der Waals surface area contributed by atoms with Gasteiger partial charge in [0.05, 0.1) is 11.4 Å².